The number of carbonyl (C=O) groups excluding carboxylic acids is 2. The lowest BCUT2D eigenvalue weighted by atomic mass is 10.1. The molecule has 26 heavy (non-hydrogen) atoms. The zero-order chi connectivity index (χ0) is 18.9. The molecule has 1 atom stereocenters. The molecular weight excluding hydrogens is 326 g/mol. The Hall–Kier alpha value is -2.82. The fourth-order valence-corrected chi connectivity index (χ4v) is 2.62. The van der Waals surface area contributed by atoms with E-state index >= 15 is 0 Å². The van der Waals surface area contributed by atoms with Crippen molar-refractivity contribution in [1.29, 1.82) is 0 Å². The number of benzene rings is 2. The van der Waals surface area contributed by atoms with Crippen LogP contribution in [0.1, 0.15) is 30.5 Å². The van der Waals surface area contributed by atoms with Crippen molar-refractivity contribution < 1.29 is 9.59 Å². The summed E-state index contributed by atoms with van der Waals surface area (Å²) in [6, 6.07) is 17.7. The predicted octanol–water partition coefficient (Wildman–Crippen LogP) is 2.68. The molecule has 0 spiro atoms. The molecule has 2 aromatic carbocycles. The summed E-state index contributed by atoms with van der Waals surface area (Å²) in [6.07, 6.45) is 1.64. The van der Waals surface area contributed by atoms with Crippen LogP contribution in [-0.2, 0) is 16.0 Å². The van der Waals surface area contributed by atoms with Crippen molar-refractivity contribution >= 4 is 17.5 Å². The molecule has 2 rings (SSSR count). The summed E-state index contributed by atoms with van der Waals surface area (Å²) in [5.41, 5.74) is 3.34. The van der Waals surface area contributed by atoms with Crippen LogP contribution in [-0.4, -0.2) is 32.5 Å². The van der Waals surface area contributed by atoms with Gasteiger partial charge >= 0.3 is 11.8 Å². The average Bonchev–Trinajstić information content (AvgIpc) is 2.66. The molecular formula is C21H27N3O2. The Morgan fingerprint density at radius 1 is 0.962 bits per heavy atom. The first kappa shape index (κ1) is 19.5. The number of hydrogen-bond acceptors (Lipinski definition) is 3. The number of rotatable bonds is 7. The molecule has 0 saturated heterocycles. The molecule has 0 radical (unpaired) electrons. The van der Waals surface area contributed by atoms with Crippen molar-refractivity contribution in [3.63, 3.8) is 0 Å². The van der Waals surface area contributed by atoms with Crippen molar-refractivity contribution in [3.8, 4) is 0 Å². The van der Waals surface area contributed by atoms with Gasteiger partial charge in [-0.2, -0.15) is 0 Å². The largest absolute Gasteiger partial charge is 0.378 e. The van der Waals surface area contributed by atoms with Crippen LogP contribution in [0.25, 0.3) is 0 Å². The van der Waals surface area contributed by atoms with Crippen LogP contribution >= 0.6 is 0 Å². The summed E-state index contributed by atoms with van der Waals surface area (Å²) in [7, 11) is 4.02. The second kappa shape index (κ2) is 9.61. The zero-order valence-corrected chi connectivity index (χ0v) is 15.7. The molecule has 0 saturated carbocycles. The Morgan fingerprint density at radius 2 is 1.62 bits per heavy atom. The van der Waals surface area contributed by atoms with Crippen molar-refractivity contribution in [2.75, 3.05) is 25.5 Å². The normalized spacial score (nSPS) is 11.5. The van der Waals surface area contributed by atoms with E-state index in [1.165, 1.54) is 5.56 Å². The SMILES string of the molecule is CC(NC(=O)C(=O)NCCCc1ccc(N(C)C)cc1)c1ccccc1. The van der Waals surface area contributed by atoms with E-state index in [0.717, 1.165) is 24.1 Å². The molecule has 0 aliphatic heterocycles. The third-order valence-corrected chi connectivity index (χ3v) is 4.23. The quantitative estimate of drug-likeness (QED) is 0.594. The molecule has 0 aliphatic rings. The molecule has 2 amide bonds. The van der Waals surface area contributed by atoms with Gasteiger partial charge in [0.2, 0.25) is 0 Å². The Balaban J connectivity index is 1.70. The summed E-state index contributed by atoms with van der Waals surface area (Å²) in [5, 5.41) is 5.40. The Kier molecular flexibility index (Phi) is 7.21. The van der Waals surface area contributed by atoms with Gasteiger partial charge in [-0.1, -0.05) is 42.5 Å². The fourth-order valence-electron chi connectivity index (χ4n) is 2.62. The predicted molar refractivity (Wildman–Crippen MR) is 105 cm³/mol. The topological polar surface area (TPSA) is 61.4 Å². The Morgan fingerprint density at radius 3 is 2.23 bits per heavy atom. The summed E-state index contributed by atoms with van der Waals surface area (Å²) in [4.78, 5) is 25.9. The van der Waals surface area contributed by atoms with Crippen LogP contribution in [0.2, 0.25) is 0 Å². The number of nitrogens with one attached hydrogen (secondary N) is 2. The van der Waals surface area contributed by atoms with Crippen LogP contribution in [0, 0.1) is 0 Å². The van der Waals surface area contributed by atoms with E-state index in [1.54, 1.807) is 0 Å². The van der Waals surface area contributed by atoms with Gasteiger partial charge in [0.25, 0.3) is 0 Å². The van der Waals surface area contributed by atoms with Crippen LogP contribution in [0.3, 0.4) is 0 Å². The van der Waals surface area contributed by atoms with E-state index in [2.05, 4.69) is 39.8 Å². The minimum atomic E-state index is -0.600. The number of hydrogen-bond donors (Lipinski definition) is 2. The maximum Gasteiger partial charge on any atom is 0.309 e. The van der Waals surface area contributed by atoms with Crippen LogP contribution in [0.5, 0.6) is 0 Å². The molecule has 0 aromatic heterocycles. The summed E-state index contributed by atoms with van der Waals surface area (Å²) in [6.45, 7) is 2.33. The molecule has 0 fully saturated rings. The van der Waals surface area contributed by atoms with E-state index in [1.807, 2.05) is 51.4 Å². The van der Waals surface area contributed by atoms with Gasteiger partial charge in [-0.25, -0.2) is 0 Å². The summed E-state index contributed by atoms with van der Waals surface area (Å²) >= 11 is 0. The summed E-state index contributed by atoms with van der Waals surface area (Å²) in [5.74, 6) is -1.19. The molecule has 0 aliphatic carbocycles. The van der Waals surface area contributed by atoms with E-state index in [-0.39, 0.29) is 6.04 Å². The lowest BCUT2D eigenvalue weighted by Gasteiger charge is -2.14. The molecule has 138 valence electrons. The van der Waals surface area contributed by atoms with Gasteiger partial charge in [0.15, 0.2) is 0 Å². The fraction of sp³-hybridized carbons (Fsp3) is 0.333. The smallest absolute Gasteiger partial charge is 0.309 e. The van der Waals surface area contributed by atoms with E-state index < -0.39 is 11.8 Å². The standard InChI is InChI=1S/C21H27N3O2/c1-16(18-9-5-4-6-10-18)23-21(26)20(25)22-15-7-8-17-11-13-19(14-12-17)24(2)3/h4-6,9-14,16H,7-8,15H2,1-3H3,(H,22,25)(H,23,26). The molecule has 5 heteroatoms. The van der Waals surface area contributed by atoms with Crippen molar-refractivity contribution in [1.82, 2.24) is 10.6 Å². The number of carbonyl (C=O) groups is 2. The third kappa shape index (κ3) is 5.92. The molecule has 0 heterocycles. The van der Waals surface area contributed by atoms with Crippen LogP contribution in [0.4, 0.5) is 5.69 Å². The monoisotopic (exact) mass is 353 g/mol. The van der Waals surface area contributed by atoms with Crippen molar-refractivity contribution in [3.05, 3.63) is 65.7 Å². The third-order valence-electron chi connectivity index (χ3n) is 4.23. The first-order chi connectivity index (χ1) is 12.5. The Bertz CT molecular complexity index is 712. The zero-order valence-electron chi connectivity index (χ0n) is 15.7. The maximum absolute atomic E-state index is 12.0. The Labute approximate surface area is 155 Å². The minimum absolute atomic E-state index is 0.204. The number of anilines is 1. The summed E-state index contributed by atoms with van der Waals surface area (Å²) < 4.78 is 0. The van der Waals surface area contributed by atoms with Gasteiger partial charge in [-0.15, -0.1) is 0 Å². The van der Waals surface area contributed by atoms with Gasteiger partial charge in [0.1, 0.15) is 0 Å². The van der Waals surface area contributed by atoms with Gasteiger partial charge in [-0.05, 0) is 43.0 Å². The van der Waals surface area contributed by atoms with Gasteiger partial charge < -0.3 is 15.5 Å². The van der Waals surface area contributed by atoms with E-state index in [9.17, 15) is 9.59 Å². The highest BCUT2D eigenvalue weighted by Crippen LogP contribution is 2.13. The highest BCUT2D eigenvalue weighted by atomic mass is 16.2. The first-order valence-corrected chi connectivity index (χ1v) is 8.87. The maximum atomic E-state index is 12.0. The first-order valence-electron chi connectivity index (χ1n) is 8.87. The second-order valence-electron chi connectivity index (χ2n) is 6.53. The second-order valence-corrected chi connectivity index (χ2v) is 6.53. The van der Waals surface area contributed by atoms with Crippen molar-refractivity contribution in [2.45, 2.75) is 25.8 Å². The highest BCUT2D eigenvalue weighted by molar-refractivity contribution is 6.35. The molecule has 5 nitrogen and oxygen atoms in total. The highest BCUT2D eigenvalue weighted by Gasteiger charge is 2.16. The number of aryl methyl sites for hydroxylation is 1. The minimum Gasteiger partial charge on any atom is -0.378 e. The lowest BCUT2D eigenvalue weighted by Crippen LogP contribution is -2.41. The van der Waals surface area contributed by atoms with E-state index in [0.29, 0.717) is 6.54 Å². The molecule has 0 bridgehead atoms. The van der Waals surface area contributed by atoms with Crippen LogP contribution < -0.4 is 15.5 Å². The number of amides is 2. The van der Waals surface area contributed by atoms with Crippen molar-refractivity contribution in [2.24, 2.45) is 0 Å². The van der Waals surface area contributed by atoms with Gasteiger partial charge in [0.05, 0.1) is 6.04 Å². The average molecular weight is 353 g/mol. The lowest BCUT2D eigenvalue weighted by molar-refractivity contribution is -0.139. The van der Waals surface area contributed by atoms with Gasteiger partial charge in [-0.3, -0.25) is 9.59 Å². The van der Waals surface area contributed by atoms with Gasteiger partial charge in [0, 0.05) is 26.3 Å². The van der Waals surface area contributed by atoms with E-state index in [4.69, 9.17) is 0 Å². The number of nitrogens with zero attached hydrogens (tertiary/aromatic N) is 1. The van der Waals surface area contributed by atoms with Crippen LogP contribution in [0.15, 0.2) is 54.6 Å². The molecule has 2 aromatic rings. The molecule has 2 N–H and O–H groups in total. The molecule has 1 unspecified atom stereocenters.